The van der Waals surface area contributed by atoms with Gasteiger partial charge in [0.2, 0.25) is 0 Å². The molecule has 2 aromatic carbocycles. The second-order valence-corrected chi connectivity index (χ2v) is 5.80. The summed E-state index contributed by atoms with van der Waals surface area (Å²) in [6, 6.07) is 11.3. The lowest BCUT2D eigenvalue weighted by atomic mass is 10.1. The summed E-state index contributed by atoms with van der Waals surface area (Å²) in [5.74, 6) is -0.716. The van der Waals surface area contributed by atoms with Gasteiger partial charge in [-0.1, -0.05) is 24.4 Å². The predicted molar refractivity (Wildman–Crippen MR) is 89.0 cm³/mol. The van der Waals surface area contributed by atoms with E-state index in [0.717, 1.165) is 5.56 Å². The van der Waals surface area contributed by atoms with Crippen LogP contribution in [0.4, 0.5) is 10.1 Å². The fraction of sp³-hybridized carbons (Fsp3) is 0.0667. The van der Waals surface area contributed by atoms with Crippen molar-refractivity contribution in [2.45, 2.75) is 6.42 Å². The molecule has 0 bridgehead atoms. The average Bonchev–Trinajstić information content (AvgIpc) is 2.43. The van der Waals surface area contributed by atoms with Gasteiger partial charge in [0.25, 0.3) is 5.91 Å². The van der Waals surface area contributed by atoms with Gasteiger partial charge in [0.1, 0.15) is 5.82 Å². The highest BCUT2D eigenvalue weighted by atomic mass is 79.9. The zero-order valence-electron chi connectivity index (χ0n) is 10.9. The third-order valence-corrected chi connectivity index (χ3v) is 3.52. The monoisotopic (exact) mass is 366 g/mol. The molecule has 21 heavy (non-hydrogen) atoms. The molecule has 0 aromatic heterocycles. The molecule has 0 atom stereocenters. The van der Waals surface area contributed by atoms with E-state index in [2.05, 4.69) is 21.2 Å². The Bertz CT molecular complexity index is 689. The number of benzene rings is 2. The van der Waals surface area contributed by atoms with E-state index in [1.54, 1.807) is 12.1 Å². The van der Waals surface area contributed by atoms with Gasteiger partial charge in [-0.3, -0.25) is 4.79 Å². The maximum absolute atomic E-state index is 13.1. The molecular weight excluding hydrogens is 355 g/mol. The molecule has 0 aliphatic heterocycles. The molecule has 3 N–H and O–H groups in total. The fourth-order valence-corrected chi connectivity index (χ4v) is 2.29. The molecule has 0 unspecified atom stereocenters. The van der Waals surface area contributed by atoms with E-state index in [0.29, 0.717) is 22.7 Å². The number of anilines is 1. The Labute approximate surface area is 135 Å². The molecule has 3 nitrogen and oxygen atoms in total. The summed E-state index contributed by atoms with van der Waals surface area (Å²) in [6.07, 6.45) is 0.522. The summed E-state index contributed by atoms with van der Waals surface area (Å²) < 4.78 is 13.4. The first-order valence-electron chi connectivity index (χ1n) is 6.09. The first-order chi connectivity index (χ1) is 9.95. The highest BCUT2D eigenvalue weighted by Gasteiger charge is 2.09. The number of amides is 1. The number of carbonyl (C=O) groups excluding carboxylic acids is 1. The zero-order chi connectivity index (χ0) is 15.4. The average molecular weight is 367 g/mol. The van der Waals surface area contributed by atoms with E-state index in [1.807, 2.05) is 12.1 Å². The second-order valence-electron chi connectivity index (χ2n) is 4.42. The van der Waals surface area contributed by atoms with Crippen LogP contribution in [0.3, 0.4) is 0 Å². The predicted octanol–water partition coefficient (Wildman–Crippen LogP) is 3.67. The largest absolute Gasteiger partial charge is 0.393 e. The van der Waals surface area contributed by atoms with Crippen molar-refractivity contribution >= 4 is 44.7 Å². The van der Waals surface area contributed by atoms with Gasteiger partial charge in [-0.15, -0.1) is 0 Å². The number of thiocarbonyl (C=S) groups is 1. The third-order valence-electron chi connectivity index (χ3n) is 2.77. The molecule has 0 aliphatic rings. The Kier molecular flexibility index (Phi) is 5.03. The Balaban J connectivity index is 2.08. The van der Waals surface area contributed by atoms with Gasteiger partial charge in [0, 0.05) is 17.7 Å². The molecule has 108 valence electrons. The number of nitrogens with one attached hydrogen (secondary N) is 1. The lowest BCUT2D eigenvalue weighted by Crippen LogP contribution is -2.13. The maximum Gasteiger partial charge on any atom is 0.255 e. The topological polar surface area (TPSA) is 55.1 Å². The van der Waals surface area contributed by atoms with Crippen molar-refractivity contribution in [1.82, 2.24) is 0 Å². The molecule has 2 rings (SSSR count). The zero-order valence-corrected chi connectivity index (χ0v) is 13.3. The van der Waals surface area contributed by atoms with Crippen LogP contribution in [-0.2, 0) is 6.42 Å². The lowest BCUT2D eigenvalue weighted by molar-refractivity contribution is 0.102. The Morgan fingerprint density at radius 1 is 1.24 bits per heavy atom. The molecule has 0 heterocycles. The molecule has 0 spiro atoms. The molecule has 6 heteroatoms. The number of rotatable bonds is 4. The van der Waals surface area contributed by atoms with Gasteiger partial charge in [-0.05, 0) is 51.8 Å². The quantitative estimate of drug-likeness (QED) is 0.811. The summed E-state index contributed by atoms with van der Waals surface area (Å²) >= 11 is 7.89. The van der Waals surface area contributed by atoms with Gasteiger partial charge in [0.05, 0.1) is 9.46 Å². The van der Waals surface area contributed by atoms with Crippen LogP contribution in [0, 0.1) is 5.82 Å². The van der Waals surface area contributed by atoms with Crippen molar-refractivity contribution in [2.75, 3.05) is 5.32 Å². The van der Waals surface area contributed by atoms with E-state index in [4.69, 9.17) is 18.0 Å². The molecule has 0 saturated heterocycles. The van der Waals surface area contributed by atoms with Crippen molar-refractivity contribution in [3.8, 4) is 0 Å². The van der Waals surface area contributed by atoms with E-state index >= 15 is 0 Å². The first-order valence-corrected chi connectivity index (χ1v) is 7.29. The van der Waals surface area contributed by atoms with Crippen LogP contribution in [0.1, 0.15) is 15.9 Å². The van der Waals surface area contributed by atoms with E-state index < -0.39 is 5.82 Å². The Hall–Kier alpha value is -1.79. The van der Waals surface area contributed by atoms with Gasteiger partial charge in [0.15, 0.2) is 0 Å². The summed E-state index contributed by atoms with van der Waals surface area (Å²) in [7, 11) is 0. The summed E-state index contributed by atoms with van der Waals surface area (Å²) in [5, 5.41) is 2.74. The molecule has 1 amide bonds. The highest BCUT2D eigenvalue weighted by Crippen LogP contribution is 2.18. The minimum atomic E-state index is -0.409. The van der Waals surface area contributed by atoms with Crippen molar-refractivity contribution < 1.29 is 9.18 Å². The van der Waals surface area contributed by atoms with Crippen molar-refractivity contribution in [3.05, 3.63) is 63.9 Å². The Morgan fingerprint density at radius 3 is 2.48 bits per heavy atom. The minimum Gasteiger partial charge on any atom is -0.393 e. The number of hydrogen-bond acceptors (Lipinski definition) is 2. The normalized spacial score (nSPS) is 10.2. The van der Waals surface area contributed by atoms with Crippen LogP contribution in [0.25, 0.3) is 0 Å². The number of carbonyl (C=O) groups is 1. The highest BCUT2D eigenvalue weighted by molar-refractivity contribution is 9.10. The van der Waals surface area contributed by atoms with Gasteiger partial charge < -0.3 is 11.1 Å². The fourth-order valence-electron chi connectivity index (χ4n) is 1.75. The van der Waals surface area contributed by atoms with Crippen LogP contribution in [0.15, 0.2) is 46.9 Å². The lowest BCUT2D eigenvalue weighted by Gasteiger charge is -2.07. The third kappa shape index (κ3) is 4.34. The molecule has 2 aromatic rings. The van der Waals surface area contributed by atoms with Crippen LogP contribution < -0.4 is 11.1 Å². The summed E-state index contributed by atoms with van der Waals surface area (Å²) in [6.45, 7) is 0. The van der Waals surface area contributed by atoms with Crippen molar-refractivity contribution in [3.63, 3.8) is 0 Å². The SMILES string of the molecule is NC(=S)Cc1ccc(NC(=O)c2ccc(F)c(Br)c2)cc1. The van der Waals surface area contributed by atoms with Crippen LogP contribution in [0.5, 0.6) is 0 Å². The standard InChI is InChI=1S/C15H12BrFN2OS/c16-12-8-10(3-6-13(12)17)15(20)19-11-4-1-9(2-5-11)7-14(18)21/h1-6,8H,7H2,(H2,18,21)(H,19,20). The van der Waals surface area contributed by atoms with E-state index in [1.165, 1.54) is 18.2 Å². The van der Waals surface area contributed by atoms with Gasteiger partial charge >= 0.3 is 0 Å². The first kappa shape index (κ1) is 15.6. The van der Waals surface area contributed by atoms with Gasteiger partial charge in [-0.2, -0.15) is 0 Å². The number of halogens is 2. The van der Waals surface area contributed by atoms with Crippen LogP contribution in [-0.4, -0.2) is 10.9 Å². The van der Waals surface area contributed by atoms with Crippen molar-refractivity contribution in [1.29, 1.82) is 0 Å². The molecule has 0 saturated carbocycles. The van der Waals surface area contributed by atoms with E-state index in [9.17, 15) is 9.18 Å². The Morgan fingerprint density at radius 2 is 1.90 bits per heavy atom. The second kappa shape index (κ2) is 6.78. The number of hydrogen-bond donors (Lipinski definition) is 2. The van der Waals surface area contributed by atoms with Crippen LogP contribution in [0.2, 0.25) is 0 Å². The van der Waals surface area contributed by atoms with Crippen LogP contribution >= 0.6 is 28.1 Å². The van der Waals surface area contributed by atoms with E-state index in [-0.39, 0.29) is 10.4 Å². The molecular formula is C15H12BrFN2OS. The summed E-state index contributed by atoms with van der Waals surface area (Å²) in [4.78, 5) is 12.5. The maximum atomic E-state index is 13.1. The molecule has 0 aliphatic carbocycles. The van der Waals surface area contributed by atoms with Gasteiger partial charge in [-0.25, -0.2) is 4.39 Å². The molecule has 0 fully saturated rings. The number of nitrogens with two attached hydrogens (primary N) is 1. The molecule has 0 radical (unpaired) electrons. The van der Waals surface area contributed by atoms with Crippen molar-refractivity contribution in [2.24, 2.45) is 5.73 Å². The minimum absolute atomic E-state index is 0.252. The summed E-state index contributed by atoms with van der Waals surface area (Å²) in [5.41, 5.74) is 7.47. The smallest absolute Gasteiger partial charge is 0.255 e.